The Morgan fingerprint density at radius 3 is 2.17 bits per heavy atom. The van der Waals surface area contributed by atoms with Crippen molar-refractivity contribution in [2.24, 2.45) is 0 Å². The highest BCUT2D eigenvalue weighted by molar-refractivity contribution is 6.22. The van der Waals surface area contributed by atoms with E-state index < -0.39 is 0 Å². The molecule has 3 nitrogen and oxygen atoms in total. The molecule has 0 aliphatic carbocycles. The van der Waals surface area contributed by atoms with E-state index in [2.05, 4.69) is 6.07 Å². The number of aromatic nitrogens is 1. The first-order valence-electron chi connectivity index (χ1n) is 7.93. The van der Waals surface area contributed by atoms with E-state index in [4.69, 9.17) is 4.42 Å². The van der Waals surface area contributed by atoms with Crippen molar-refractivity contribution in [2.75, 3.05) is 0 Å². The monoisotopic (exact) mass is 309 g/mol. The molecule has 0 aliphatic rings. The Bertz CT molecular complexity index is 1470. The maximum Gasteiger partial charge on any atom is 0.263 e. The number of furan rings is 1. The fourth-order valence-corrected chi connectivity index (χ4v) is 3.96. The van der Waals surface area contributed by atoms with Crippen molar-refractivity contribution in [1.82, 2.24) is 4.40 Å². The van der Waals surface area contributed by atoms with Crippen molar-refractivity contribution >= 4 is 49.1 Å². The molecule has 112 valence electrons. The zero-order valence-corrected chi connectivity index (χ0v) is 12.6. The van der Waals surface area contributed by atoms with Crippen LogP contribution < -0.4 is 5.56 Å². The van der Waals surface area contributed by atoms with Gasteiger partial charge in [-0.3, -0.25) is 9.20 Å². The average Bonchev–Trinajstić information content (AvgIpc) is 3.15. The predicted octanol–water partition coefficient (Wildman–Crippen LogP) is 4.94. The van der Waals surface area contributed by atoms with Crippen molar-refractivity contribution in [1.29, 1.82) is 0 Å². The van der Waals surface area contributed by atoms with Crippen LogP contribution in [-0.4, -0.2) is 4.40 Å². The largest absolute Gasteiger partial charge is 0.454 e. The van der Waals surface area contributed by atoms with E-state index in [1.807, 2.05) is 65.1 Å². The van der Waals surface area contributed by atoms with Gasteiger partial charge in [-0.1, -0.05) is 42.5 Å². The van der Waals surface area contributed by atoms with Gasteiger partial charge in [-0.15, -0.1) is 0 Å². The van der Waals surface area contributed by atoms with Crippen LogP contribution >= 0.6 is 0 Å². The molecule has 3 aromatic heterocycles. The molecule has 0 saturated carbocycles. The molecule has 0 radical (unpaired) electrons. The van der Waals surface area contributed by atoms with Crippen molar-refractivity contribution in [3.8, 4) is 0 Å². The topological polar surface area (TPSA) is 34.6 Å². The number of hydrogen-bond acceptors (Lipinski definition) is 2. The molecule has 0 amide bonds. The Morgan fingerprint density at radius 2 is 1.29 bits per heavy atom. The minimum absolute atomic E-state index is 0.0100. The molecule has 0 aliphatic heterocycles. The average molecular weight is 309 g/mol. The quantitative estimate of drug-likeness (QED) is 0.372. The summed E-state index contributed by atoms with van der Waals surface area (Å²) in [5.41, 5.74) is 3.42. The van der Waals surface area contributed by atoms with E-state index in [1.165, 1.54) is 0 Å². The summed E-state index contributed by atoms with van der Waals surface area (Å²) in [6.07, 6.45) is 0. The Balaban J connectivity index is 2.11. The third kappa shape index (κ3) is 1.24. The summed E-state index contributed by atoms with van der Waals surface area (Å²) in [6.45, 7) is 0. The number of rotatable bonds is 0. The van der Waals surface area contributed by atoms with Crippen LogP contribution in [0.3, 0.4) is 0 Å². The molecule has 0 bridgehead atoms. The lowest BCUT2D eigenvalue weighted by atomic mass is 10.1. The van der Waals surface area contributed by atoms with E-state index >= 15 is 0 Å². The molecule has 24 heavy (non-hydrogen) atoms. The van der Waals surface area contributed by atoms with Crippen molar-refractivity contribution < 1.29 is 4.42 Å². The standard InChI is InChI=1S/C21H11NO2/c23-21-14-7-2-1-6-12(14)13-9-5-10-16-18(13)22(21)19-15-8-3-4-11-17(15)24-20(16)19/h1-11H. The molecule has 6 aromatic rings. The van der Waals surface area contributed by atoms with Gasteiger partial charge < -0.3 is 4.42 Å². The number of nitrogens with zero attached hydrogens (tertiary/aromatic N) is 1. The Kier molecular flexibility index (Phi) is 2.00. The Labute approximate surface area is 135 Å². The summed E-state index contributed by atoms with van der Waals surface area (Å²) < 4.78 is 7.93. The van der Waals surface area contributed by atoms with Crippen molar-refractivity contribution in [3.05, 3.63) is 77.1 Å². The lowest BCUT2D eigenvalue weighted by Gasteiger charge is -2.05. The molecular formula is C21H11NO2. The summed E-state index contributed by atoms with van der Waals surface area (Å²) >= 11 is 0. The van der Waals surface area contributed by atoms with Gasteiger partial charge >= 0.3 is 0 Å². The fraction of sp³-hybridized carbons (Fsp3) is 0. The van der Waals surface area contributed by atoms with Crippen LogP contribution in [0.4, 0.5) is 0 Å². The minimum atomic E-state index is 0.0100. The predicted molar refractivity (Wildman–Crippen MR) is 97.1 cm³/mol. The van der Waals surface area contributed by atoms with Crippen LogP contribution in [0.2, 0.25) is 0 Å². The Morgan fingerprint density at radius 1 is 0.625 bits per heavy atom. The zero-order valence-electron chi connectivity index (χ0n) is 12.6. The summed E-state index contributed by atoms with van der Waals surface area (Å²) in [5.74, 6) is 0. The molecule has 0 spiro atoms. The lowest BCUT2D eigenvalue weighted by Crippen LogP contribution is -2.12. The zero-order chi connectivity index (χ0) is 15.8. The van der Waals surface area contributed by atoms with Gasteiger partial charge in [0.05, 0.1) is 5.52 Å². The maximum atomic E-state index is 13.2. The number of pyridine rings is 1. The second-order valence-corrected chi connectivity index (χ2v) is 6.16. The second kappa shape index (κ2) is 3.95. The van der Waals surface area contributed by atoms with Crippen LogP contribution in [0.25, 0.3) is 49.1 Å². The van der Waals surface area contributed by atoms with E-state index in [9.17, 15) is 4.79 Å². The molecule has 3 heterocycles. The third-order valence-electron chi connectivity index (χ3n) is 4.95. The molecule has 0 saturated heterocycles. The third-order valence-corrected chi connectivity index (χ3v) is 4.95. The van der Waals surface area contributed by atoms with E-state index in [1.54, 1.807) is 0 Å². The van der Waals surface area contributed by atoms with Gasteiger partial charge in [0.25, 0.3) is 5.56 Å². The number of fused-ring (bicyclic) bond motifs is 7. The molecule has 0 atom stereocenters. The smallest absolute Gasteiger partial charge is 0.263 e. The highest BCUT2D eigenvalue weighted by atomic mass is 16.3. The van der Waals surface area contributed by atoms with Gasteiger partial charge in [0, 0.05) is 21.5 Å². The SMILES string of the molecule is O=c1c2ccccc2c2cccc3c4oc5ccccc5c4n1c23. The van der Waals surface area contributed by atoms with E-state index in [-0.39, 0.29) is 5.56 Å². The summed E-state index contributed by atoms with van der Waals surface area (Å²) in [4.78, 5) is 13.2. The number of benzene rings is 3. The summed E-state index contributed by atoms with van der Waals surface area (Å²) in [5, 5.41) is 4.77. The molecule has 3 aromatic carbocycles. The first-order valence-corrected chi connectivity index (χ1v) is 7.93. The van der Waals surface area contributed by atoms with E-state index in [0.29, 0.717) is 0 Å². The number of para-hydroxylation sites is 2. The van der Waals surface area contributed by atoms with Gasteiger partial charge in [0.2, 0.25) is 0 Å². The van der Waals surface area contributed by atoms with Crippen molar-refractivity contribution in [2.45, 2.75) is 0 Å². The van der Waals surface area contributed by atoms with Crippen LogP contribution in [0, 0.1) is 0 Å². The maximum absolute atomic E-state index is 13.2. The highest BCUT2D eigenvalue weighted by Gasteiger charge is 2.21. The lowest BCUT2D eigenvalue weighted by molar-refractivity contribution is 0.673. The summed E-state index contributed by atoms with van der Waals surface area (Å²) in [7, 11) is 0. The number of hydrogen-bond donors (Lipinski definition) is 0. The molecule has 0 fully saturated rings. The normalized spacial score (nSPS) is 12.3. The van der Waals surface area contributed by atoms with Crippen LogP contribution in [0.1, 0.15) is 0 Å². The molecule has 6 rings (SSSR count). The molecule has 3 heteroatoms. The Hall–Kier alpha value is -3.33. The van der Waals surface area contributed by atoms with Crippen molar-refractivity contribution in [3.63, 3.8) is 0 Å². The highest BCUT2D eigenvalue weighted by Crippen LogP contribution is 2.38. The molecular weight excluding hydrogens is 298 g/mol. The first kappa shape index (κ1) is 12.1. The fourth-order valence-electron chi connectivity index (χ4n) is 3.96. The van der Waals surface area contributed by atoms with Gasteiger partial charge in [-0.2, -0.15) is 0 Å². The van der Waals surface area contributed by atoms with Crippen LogP contribution in [0.15, 0.2) is 75.9 Å². The van der Waals surface area contributed by atoms with Crippen LogP contribution in [-0.2, 0) is 0 Å². The minimum Gasteiger partial charge on any atom is -0.454 e. The van der Waals surface area contributed by atoms with Gasteiger partial charge in [0.15, 0.2) is 5.58 Å². The van der Waals surface area contributed by atoms with Gasteiger partial charge in [-0.25, -0.2) is 0 Å². The van der Waals surface area contributed by atoms with E-state index in [0.717, 1.165) is 49.1 Å². The van der Waals surface area contributed by atoms with Gasteiger partial charge in [0.1, 0.15) is 11.1 Å². The molecule has 0 unspecified atom stereocenters. The first-order chi connectivity index (χ1) is 11.8. The van der Waals surface area contributed by atoms with Gasteiger partial charge in [-0.05, 0) is 29.7 Å². The summed E-state index contributed by atoms with van der Waals surface area (Å²) in [6, 6.07) is 21.8. The van der Waals surface area contributed by atoms with Crippen LogP contribution in [0.5, 0.6) is 0 Å². The molecule has 0 N–H and O–H groups in total. The second-order valence-electron chi connectivity index (χ2n) is 6.16.